The summed E-state index contributed by atoms with van der Waals surface area (Å²) in [7, 11) is 1.56. The highest BCUT2D eigenvalue weighted by Gasteiger charge is 2.32. The van der Waals surface area contributed by atoms with Crippen molar-refractivity contribution < 1.29 is 9.66 Å². The lowest BCUT2D eigenvalue weighted by Crippen LogP contribution is -2.46. The molecule has 0 radical (unpaired) electrons. The second-order valence-electron chi connectivity index (χ2n) is 6.00. The first-order valence-electron chi connectivity index (χ1n) is 7.56. The molecule has 0 bridgehead atoms. The lowest BCUT2D eigenvalue weighted by atomic mass is 10.1. The highest BCUT2D eigenvalue weighted by Crippen LogP contribution is 2.34. The van der Waals surface area contributed by atoms with Crippen molar-refractivity contribution in [1.82, 2.24) is 4.57 Å². The van der Waals surface area contributed by atoms with E-state index in [4.69, 9.17) is 4.74 Å². The Labute approximate surface area is 133 Å². The van der Waals surface area contributed by atoms with E-state index in [0.717, 1.165) is 0 Å². The van der Waals surface area contributed by atoms with Gasteiger partial charge in [-0.15, -0.1) is 0 Å². The second-order valence-corrected chi connectivity index (χ2v) is 6.00. The van der Waals surface area contributed by atoms with Gasteiger partial charge in [-0.2, -0.15) is 0 Å². The standard InChI is InChI=1S/C16H19N3O4/c1-10-8-18(9-11(2)23-10)14-12-6-4-5-7-13(12)17(3)16(20)15(14)19(21)22/h4-7,10-11H,8-9H2,1-3H3/t10-,11-/m1/s1. The molecule has 0 aliphatic carbocycles. The summed E-state index contributed by atoms with van der Waals surface area (Å²) < 4.78 is 7.05. The fourth-order valence-corrected chi connectivity index (χ4v) is 3.31. The minimum absolute atomic E-state index is 0.0545. The lowest BCUT2D eigenvalue weighted by molar-refractivity contribution is -0.385. The summed E-state index contributed by atoms with van der Waals surface area (Å²) in [4.78, 5) is 25.4. The van der Waals surface area contributed by atoms with Gasteiger partial charge in [0.2, 0.25) is 0 Å². The molecule has 122 valence electrons. The number of hydrogen-bond donors (Lipinski definition) is 0. The Morgan fingerprint density at radius 3 is 2.43 bits per heavy atom. The van der Waals surface area contributed by atoms with Crippen LogP contribution in [0.1, 0.15) is 13.8 Å². The molecule has 0 saturated carbocycles. The highest BCUT2D eigenvalue weighted by molar-refractivity contribution is 5.96. The Kier molecular flexibility index (Phi) is 3.81. The van der Waals surface area contributed by atoms with E-state index in [1.807, 2.05) is 36.9 Å². The summed E-state index contributed by atoms with van der Waals surface area (Å²) >= 11 is 0. The third kappa shape index (κ3) is 2.57. The van der Waals surface area contributed by atoms with E-state index in [-0.39, 0.29) is 17.9 Å². The Bertz CT molecular complexity index is 820. The number of anilines is 1. The van der Waals surface area contributed by atoms with Crippen molar-refractivity contribution in [2.24, 2.45) is 7.05 Å². The second kappa shape index (κ2) is 5.66. The van der Waals surface area contributed by atoms with Crippen LogP contribution in [0.4, 0.5) is 11.4 Å². The Hall–Kier alpha value is -2.41. The number of ether oxygens (including phenoxy) is 1. The Morgan fingerprint density at radius 2 is 1.83 bits per heavy atom. The smallest absolute Gasteiger partial charge is 0.357 e. The van der Waals surface area contributed by atoms with E-state index in [2.05, 4.69) is 0 Å². The van der Waals surface area contributed by atoms with Crippen LogP contribution in [0, 0.1) is 10.1 Å². The topological polar surface area (TPSA) is 77.6 Å². The number of morpholine rings is 1. The van der Waals surface area contributed by atoms with Crippen molar-refractivity contribution >= 4 is 22.3 Å². The average Bonchev–Trinajstić information content (AvgIpc) is 2.49. The molecule has 1 aliphatic rings. The van der Waals surface area contributed by atoms with Gasteiger partial charge in [0.1, 0.15) is 5.69 Å². The molecule has 23 heavy (non-hydrogen) atoms. The number of hydrogen-bond acceptors (Lipinski definition) is 5. The fourth-order valence-electron chi connectivity index (χ4n) is 3.31. The van der Waals surface area contributed by atoms with Gasteiger partial charge in [0.15, 0.2) is 0 Å². The van der Waals surface area contributed by atoms with Crippen molar-refractivity contribution in [2.45, 2.75) is 26.1 Å². The fraction of sp³-hybridized carbons (Fsp3) is 0.438. The van der Waals surface area contributed by atoms with Gasteiger partial charge < -0.3 is 14.2 Å². The van der Waals surface area contributed by atoms with Crippen LogP contribution in [0.15, 0.2) is 29.1 Å². The first-order chi connectivity index (χ1) is 10.9. The lowest BCUT2D eigenvalue weighted by Gasteiger charge is -2.37. The molecule has 0 N–H and O–H groups in total. The summed E-state index contributed by atoms with van der Waals surface area (Å²) in [5.74, 6) is 0. The first-order valence-corrected chi connectivity index (χ1v) is 7.56. The number of rotatable bonds is 2. The van der Waals surface area contributed by atoms with Crippen molar-refractivity contribution in [1.29, 1.82) is 0 Å². The first kappa shape index (κ1) is 15.5. The van der Waals surface area contributed by atoms with Crippen LogP contribution in [0.3, 0.4) is 0 Å². The minimum Gasteiger partial charge on any atom is -0.372 e. The molecule has 7 heteroatoms. The zero-order valence-electron chi connectivity index (χ0n) is 13.4. The number of pyridine rings is 1. The molecule has 1 fully saturated rings. The van der Waals surface area contributed by atoms with E-state index in [0.29, 0.717) is 29.7 Å². The Balaban J connectivity index is 2.33. The number of para-hydroxylation sites is 1. The van der Waals surface area contributed by atoms with Gasteiger partial charge in [0.05, 0.1) is 22.6 Å². The van der Waals surface area contributed by atoms with Crippen LogP contribution in [-0.2, 0) is 11.8 Å². The molecule has 2 atom stereocenters. The number of nitro groups is 1. The monoisotopic (exact) mass is 317 g/mol. The summed E-state index contributed by atoms with van der Waals surface area (Å²) in [6.45, 7) is 4.89. The third-order valence-electron chi connectivity index (χ3n) is 4.17. The van der Waals surface area contributed by atoms with Crippen molar-refractivity contribution in [3.8, 4) is 0 Å². The number of nitrogens with zero attached hydrogens (tertiary/aromatic N) is 3. The van der Waals surface area contributed by atoms with Crippen LogP contribution in [0.5, 0.6) is 0 Å². The van der Waals surface area contributed by atoms with Gasteiger partial charge in [-0.1, -0.05) is 18.2 Å². The molecule has 1 aliphatic heterocycles. The number of fused-ring (bicyclic) bond motifs is 1. The number of aromatic nitrogens is 1. The molecular weight excluding hydrogens is 298 g/mol. The Morgan fingerprint density at radius 1 is 1.22 bits per heavy atom. The molecule has 1 saturated heterocycles. The molecule has 0 amide bonds. The normalized spacial score (nSPS) is 21.6. The van der Waals surface area contributed by atoms with Gasteiger partial charge in [-0.25, -0.2) is 0 Å². The molecule has 3 rings (SSSR count). The zero-order chi connectivity index (χ0) is 16.7. The van der Waals surface area contributed by atoms with E-state index in [9.17, 15) is 14.9 Å². The van der Waals surface area contributed by atoms with Crippen molar-refractivity contribution in [2.75, 3.05) is 18.0 Å². The zero-order valence-corrected chi connectivity index (χ0v) is 13.4. The van der Waals surface area contributed by atoms with E-state index >= 15 is 0 Å². The average molecular weight is 317 g/mol. The number of benzene rings is 1. The molecule has 7 nitrogen and oxygen atoms in total. The van der Waals surface area contributed by atoms with Gasteiger partial charge in [0, 0.05) is 25.5 Å². The van der Waals surface area contributed by atoms with Gasteiger partial charge in [-0.05, 0) is 19.9 Å². The third-order valence-corrected chi connectivity index (χ3v) is 4.17. The van der Waals surface area contributed by atoms with Crippen LogP contribution < -0.4 is 10.5 Å². The van der Waals surface area contributed by atoms with Crippen LogP contribution >= 0.6 is 0 Å². The van der Waals surface area contributed by atoms with E-state index in [1.54, 1.807) is 13.1 Å². The van der Waals surface area contributed by atoms with Crippen LogP contribution in [0.2, 0.25) is 0 Å². The maximum atomic E-state index is 12.5. The van der Waals surface area contributed by atoms with Crippen molar-refractivity contribution in [3.05, 3.63) is 44.7 Å². The quantitative estimate of drug-likeness (QED) is 0.626. The molecule has 0 spiro atoms. The summed E-state index contributed by atoms with van der Waals surface area (Å²) in [5.41, 5.74) is 0.128. The SMILES string of the molecule is C[C@@H]1CN(c2c([N+](=O)[O-])c(=O)n(C)c3ccccc23)C[C@@H](C)O1. The predicted molar refractivity (Wildman–Crippen MR) is 88.1 cm³/mol. The van der Waals surface area contributed by atoms with E-state index in [1.165, 1.54) is 4.57 Å². The largest absolute Gasteiger partial charge is 0.372 e. The van der Waals surface area contributed by atoms with Gasteiger partial charge in [-0.3, -0.25) is 14.9 Å². The molecular formula is C16H19N3O4. The summed E-state index contributed by atoms with van der Waals surface area (Å²) in [6, 6.07) is 7.27. The summed E-state index contributed by atoms with van der Waals surface area (Å²) in [6.07, 6.45) is -0.109. The highest BCUT2D eigenvalue weighted by atomic mass is 16.6. The van der Waals surface area contributed by atoms with E-state index < -0.39 is 10.5 Å². The predicted octanol–water partition coefficient (Wildman–Crippen LogP) is 2.06. The summed E-state index contributed by atoms with van der Waals surface area (Å²) in [5, 5.41) is 12.3. The molecule has 2 heterocycles. The van der Waals surface area contributed by atoms with Crippen LogP contribution in [0.25, 0.3) is 10.9 Å². The maximum Gasteiger partial charge on any atom is 0.357 e. The van der Waals surface area contributed by atoms with Gasteiger partial charge in [0.25, 0.3) is 0 Å². The number of aryl methyl sites for hydroxylation is 1. The van der Waals surface area contributed by atoms with Crippen molar-refractivity contribution in [3.63, 3.8) is 0 Å². The maximum absolute atomic E-state index is 12.5. The molecule has 2 aromatic rings. The molecule has 0 unspecified atom stereocenters. The minimum atomic E-state index is -0.588. The van der Waals surface area contributed by atoms with Crippen LogP contribution in [-0.4, -0.2) is 34.8 Å². The molecule has 1 aromatic carbocycles. The van der Waals surface area contributed by atoms with Gasteiger partial charge >= 0.3 is 11.2 Å². The molecule has 1 aromatic heterocycles.